The van der Waals surface area contributed by atoms with E-state index >= 15 is 0 Å². The molecule has 0 aromatic carbocycles. The number of hydrogen-bond acceptors (Lipinski definition) is 17. The standard InChI is InChI=1S/C45H74N6O17/c1-3-4-14-47-45(59)37(48-38(52)8-9-40(54)49(16-18-50-41(55)10-11-42(50)56)17-19-51-43(57)12-13-44(51)58)7-5-6-15-46-39(53)36-68-35-34-67-33-32-66-31-30-65-29-28-64-27-26-63-25-24-62-23-22-61-21-20-60-2/h10-13,37H,3-9,14-36H2,1-2H3,(H,46,53)(H,47,59)(H,48,52)/t37-/m0/s1. The number of amides is 8. The lowest BCUT2D eigenvalue weighted by Crippen LogP contribution is -2.47. The second-order valence-corrected chi connectivity index (χ2v) is 15.1. The maximum atomic E-state index is 13.3. The quantitative estimate of drug-likeness (QED) is 0.0484. The number of imide groups is 2. The van der Waals surface area contributed by atoms with Crippen molar-refractivity contribution < 1.29 is 81.0 Å². The summed E-state index contributed by atoms with van der Waals surface area (Å²) in [6.45, 7) is 9.21. The normalized spacial score (nSPS) is 13.8. The predicted molar refractivity (Wildman–Crippen MR) is 243 cm³/mol. The van der Waals surface area contributed by atoms with Gasteiger partial charge in [0.15, 0.2) is 0 Å². The lowest BCUT2D eigenvalue weighted by Gasteiger charge is -2.27. The van der Waals surface area contributed by atoms with Crippen LogP contribution in [-0.2, 0) is 81.0 Å². The lowest BCUT2D eigenvalue weighted by molar-refractivity contribution is -0.140. The van der Waals surface area contributed by atoms with Crippen molar-refractivity contribution in [3.05, 3.63) is 24.3 Å². The number of rotatable bonds is 45. The zero-order valence-corrected chi connectivity index (χ0v) is 39.9. The summed E-state index contributed by atoms with van der Waals surface area (Å²) in [6.07, 6.45) is 6.82. The van der Waals surface area contributed by atoms with Gasteiger partial charge in [-0.15, -0.1) is 0 Å². The summed E-state index contributed by atoms with van der Waals surface area (Å²) in [4.78, 5) is 103. The van der Waals surface area contributed by atoms with Crippen LogP contribution in [0.15, 0.2) is 24.3 Å². The maximum Gasteiger partial charge on any atom is 0.253 e. The summed E-state index contributed by atoms with van der Waals surface area (Å²) in [5.41, 5.74) is 0. The molecule has 0 unspecified atom stereocenters. The summed E-state index contributed by atoms with van der Waals surface area (Å²) in [7, 11) is 1.63. The number of carbonyl (C=O) groups excluding carboxylic acids is 8. The van der Waals surface area contributed by atoms with E-state index in [0.717, 1.165) is 46.9 Å². The zero-order chi connectivity index (χ0) is 49.5. The third kappa shape index (κ3) is 28.6. The summed E-state index contributed by atoms with van der Waals surface area (Å²) < 4.78 is 48.3. The number of methoxy groups -OCH3 is 1. The predicted octanol–water partition coefficient (Wildman–Crippen LogP) is -1.09. The Bertz CT molecular complexity index is 1480. The van der Waals surface area contributed by atoms with Crippen molar-refractivity contribution in [2.45, 2.75) is 57.9 Å². The Morgan fingerprint density at radius 1 is 0.529 bits per heavy atom. The van der Waals surface area contributed by atoms with Crippen molar-refractivity contribution in [1.29, 1.82) is 0 Å². The minimum Gasteiger partial charge on any atom is -0.382 e. The van der Waals surface area contributed by atoms with E-state index in [1.807, 2.05) is 6.92 Å². The monoisotopic (exact) mass is 971 g/mol. The van der Waals surface area contributed by atoms with Crippen molar-refractivity contribution in [1.82, 2.24) is 30.7 Å². The fraction of sp³-hybridized carbons (Fsp3) is 0.733. The van der Waals surface area contributed by atoms with Crippen LogP contribution in [0.1, 0.15) is 51.9 Å². The molecule has 68 heavy (non-hydrogen) atoms. The molecule has 8 amide bonds. The third-order valence-corrected chi connectivity index (χ3v) is 9.90. The van der Waals surface area contributed by atoms with Gasteiger partial charge in [0, 0.05) is 83.5 Å². The highest BCUT2D eigenvalue weighted by atomic mass is 16.6. The molecule has 0 bridgehead atoms. The topological polar surface area (TPSA) is 265 Å². The summed E-state index contributed by atoms with van der Waals surface area (Å²) >= 11 is 0. The van der Waals surface area contributed by atoms with Crippen molar-refractivity contribution in [3.8, 4) is 0 Å². The molecule has 0 aliphatic carbocycles. The van der Waals surface area contributed by atoms with Crippen LogP contribution in [0.25, 0.3) is 0 Å². The van der Waals surface area contributed by atoms with E-state index < -0.39 is 41.5 Å². The van der Waals surface area contributed by atoms with Crippen molar-refractivity contribution in [2.75, 3.05) is 159 Å². The Morgan fingerprint density at radius 3 is 1.37 bits per heavy atom. The third-order valence-electron chi connectivity index (χ3n) is 9.90. The van der Waals surface area contributed by atoms with Gasteiger partial charge in [0.25, 0.3) is 23.6 Å². The van der Waals surface area contributed by atoms with Gasteiger partial charge in [0.1, 0.15) is 12.6 Å². The summed E-state index contributed by atoms with van der Waals surface area (Å²) in [5.74, 6) is -3.85. The second-order valence-electron chi connectivity index (χ2n) is 15.1. The molecule has 2 aliphatic heterocycles. The number of hydrogen-bond donors (Lipinski definition) is 3. The first kappa shape index (κ1) is 59.4. The van der Waals surface area contributed by atoms with Crippen LogP contribution in [0.4, 0.5) is 0 Å². The van der Waals surface area contributed by atoms with Crippen LogP contribution in [0, 0.1) is 0 Å². The molecule has 0 saturated heterocycles. The van der Waals surface area contributed by atoms with Crippen molar-refractivity contribution >= 4 is 47.3 Å². The molecule has 23 heteroatoms. The Hall–Kier alpha value is -4.72. The fourth-order valence-corrected chi connectivity index (χ4v) is 6.13. The smallest absolute Gasteiger partial charge is 0.253 e. The van der Waals surface area contributed by atoms with Crippen LogP contribution in [0.2, 0.25) is 0 Å². The van der Waals surface area contributed by atoms with Gasteiger partial charge in [-0.05, 0) is 25.7 Å². The molecule has 386 valence electrons. The Labute approximate surface area is 399 Å². The van der Waals surface area contributed by atoms with Crippen LogP contribution < -0.4 is 16.0 Å². The molecule has 0 aromatic heterocycles. The number of nitrogens with zero attached hydrogens (tertiary/aromatic N) is 3. The molecule has 0 radical (unpaired) electrons. The van der Waals surface area contributed by atoms with Crippen LogP contribution >= 0.6 is 0 Å². The molecule has 2 heterocycles. The number of ether oxygens (including phenoxy) is 9. The average molecular weight is 971 g/mol. The zero-order valence-electron chi connectivity index (χ0n) is 39.9. The molecular formula is C45H74N6O17. The van der Waals surface area contributed by atoms with Gasteiger partial charge in [-0.3, -0.25) is 48.2 Å². The van der Waals surface area contributed by atoms with Gasteiger partial charge in [-0.25, -0.2) is 0 Å². The van der Waals surface area contributed by atoms with E-state index in [1.165, 1.54) is 4.90 Å². The van der Waals surface area contributed by atoms with E-state index in [0.29, 0.717) is 118 Å². The molecule has 2 aliphatic rings. The highest BCUT2D eigenvalue weighted by Crippen LogP contribution is 2.09. The van der Waals surface area contributed by atoms with Crippen LogP contribution in [0.5, 0.6) is 0 Å². The second kappa shape index (κ2) is 39.2. The SMILES string of the molecule is CCCCNC(=O)[C@H](CCCCNC(=O)COCCOCCOCCOCCOCCOCCOCCOCCOC)NC(=O)CCC(=O)N(CCN1C(=O)C=CC1=O)CCN1C(=O)C=CC1=O. The molecular weight excluding hydrogens is 897 g/mol. The fourth-order valence-electron chi connectivity index (χ4n) is 6.13. The van der Waals surface area contributed by atoms with Gasteiger partial charge < -0.3 is 63.5 Å². The maximum absolute atomic E-state index is 13.3. The Balaban J connectivity index is 1.53. The molecule has 23 nitrogen and oxygen atoms in total. The van der Waals surface area contributed by atoms with E-state index in [4.69, 9.17) is 42.6 Å². The van der Waals surface area contributed by atoms with Gasteiger partial charge in [-0.1, -0.05) is 13.3 Å². The molecule has 2 rings (SSSR count). The van der Waals surface area contributed by atoms with Gasteiger partial charge in [0.05, 0.1) is 106 Å². The molecule has 0 aromatic rings. The van der Waals surface area contributed by atoms with Crippen molar-refractivity contribution in [2.24, 2.45) is 0 Å². The van der Waals surface area contributed by atoms with Crippen LogP contribution in [0.3, 0.4) is 0 Å². The van der Waals surface area contributed by atoms with E-state index in [2.05, 4.69) is 16.0 Å². The molecule has 0 fully saturated rings. The molecule has 0 saturated carbocycles. The first-order chi connectivity index (χ1) is 33.1. The lowest BCUT2D eigenvalue weighted by atomic mass is 10.1. The minimum atomic E-state index is -0.884. The van der Waals surface area contributed by atoms with E-state index in [1.54, 1.807) is 7.11 Å². The highest BCUT2D eigenvalue weighted by Gasteiger charge is 2.28. The Kier molecular flexibility index (Phi) is 34.2. The largest absolute Gasteiger partial charge is 0.382 e. The highest BCUT2D eigenvalue weighted by molar-refractivity contribution is 6.13. The average Bonchev–Trinajstić information content (AvgIpc) is 3.83. The van der Waals surface area contributed by atoms with Gasteiger partial charge >= 0.3 is 0 Å². The first-order valence-corrected chi connectivity index (χ1v) is 23.4. The van der Waals surface area contributed by atoms with Gasteiger partial charge in [-0.2, -0.15) is 0 Å². The molecule has 1 atom stereocenters. The minimum absolute atomic E-state index is 0.0834. The summed E-state index contributed by atoms with van der Waals surface area (Å²) in [6, 6.07) is -0.884. The first-order valence-electron chi connectivity index (χ1n) is 23.4. The van der Waals surface area contributed by atoms with Crippen LogP contribution in [-0.4, -0.2) is 227 Å². The van der Waals surface area contributed by atoms with E-state index in [-0.39, 0.29) is 77.1 Å². The summed E-state index contributed by atoms with van der Waals surface area (Å²) in [5, 5.41) is 8.31. The number of carbonyl (C=O) groups is 8. The molecule has 3 N–H and O–H groups in total. The molecule has 0 spiro atoms. The Morgan fingerprint density at radius 2 is 0.941 bits per heavy atom. The van der Waals surface area contributed by atoms with Gasteiger partial charge in [0.2, 0.25) is 23.6 Å². The number of unbranched alkanes of at least 4 members (excludes halogenated alkanes) is 2. The van der Waals surface area contributed by atoms with E-state index in [9.17, 15) is 38.4 Å². The number of nitrogens with one attached hydrogen (secondary N) is 3. The van der Waals surface area contributed by atoms with Crippen molar-refractivity contribution in [3.63, 3.8) is 0 Å².